The fourth-order valence-corrected chi connectivity index (χ4v) is 4.43. The summed E-state index contributed by atoms with van der Waals surface area (Å²) in [5, 5.41) is 9.76. The van der Waals surface area contributed by atoms with E-state index < -0.39 is 0 Å². The third kappa shape index (κ3) is 4.39. The van der Waals surface area contributed by atoms with Gasteiger partial charge in [-0.25, -0.2) is 4.79 Å². The van der Waals surface area contributed by atoms with Crippen molar-refractivity contribution >= 4 is 17.3 Å². The number of carbonyl (C=O) groups is 1. The second-order valence-corrected chi connectivity index (χ2v) is 7.82. The first-order chi connectivity index (χ1) is 14.6. The van der Waals surface area contributed by atoms with Gasteiger partial charge in [-0.1, -0.05) is 56.3 Å². The third-order valence-electron chi connectivity index (χ3n) is 4.71. The van der Waals surface area contributed by atoms with Crippen LogP contribution in [0.2, 0.25) is 0 Å². The number of ether oxygens (including phenoxy) is 2. The van der Waals surface area contributed by atoms with Crippen LogP contribution in [0.4, 0.5) is 0 Å². The van der Waals surface area contributed by atoms with Crippen molar-refractivity contribution in [2.45, 2.75) is 33.6 Å². The first kappa shape index (κ1) is 21.6. The monoisotopic (exact) mass is 419 g/mol. The predicted octanol–water partition coefficient (Wildman–Crippen LogP) is 6.48. The van der Waals surface area contributed by atoms with Crippen LogP contribution in [0.15, 0.2) is 48.5 Å². The maximum Gasteiger partial charge on any atom is 0.348 e. The summed E-state index contributed by atoms with van der Waals surface area (Å²) in [7, 11) is 0. The Hall–Kier alpha value is -3.10. The van der Waals surface area contributed by atoms with Crippen LogP contribution in [0.1, 0.15) is 47.3 Å². The molecule has 30 heavy (non-hydrogen) atoms. The summed E-state index contributed by atoms with van der Waals surface area (Å²) < 4.78 is 11.1. The number of thiophene rings is 1. The molecule has 0 saturated heterocycles. The van der Waals surface area contributed by atoms with Gasteiger partial charge in [0.05, 0.1) is 18.8 Å². The largest absolute Gasteiger partial charge is 0.493 e. The highest BCUT2D eigenvalue weighted by molar-refractivity contribution is 7.14. The van der Waals surface area contributed by atoms with Gasteiger partial charge in [0.2, 0.25) is 0 Å². The quantitative estimate of drug-likeness (QED) is 0.392. The van der Waals surface area contributed by atoms with E-state index in [1.807, 2.05) is 55.5 Å². The van der Waals surface area contributed by atoms with E-state index in [4.69, 9.17) is 9.47 Å². The molecule has 0 atom stereocenters. The predicted molar refractivity (Wildman–Crippen MR) is 121 cm³/mol. The van der Waals surface area contributed by atoms with Gasteiger partial charge in [0, 0.05) is 16.0 Å². The Labute approximate surface area is 181 Å². The molecular weight excluding hydrogens is 394 g/mol. The van der Waals surface area contributed by atoms with Gasteiger partial charge in [0.15, 0.2) is 0 Å². The van der Waals surface area contributed by atoms with Gasteiger partial charge in [-0.3, -0.25) is 0 Å². The molecule has 0 aliphatic heterocycles. The first-order valence-electron chi connectivity index (χ1n) is 10.2. The van der Waals surface area contributed by atoms with E-state index in [0.29, 0.717) is 35.6 Å². The fraction of sp³-hybridized carbons (Fsp3) is 0.280. The Morgan fingerprint density at radius 1 is 1.03 bits per heavy atom. The summed E-state index contributed by atoms with van der Waals surface area (Å²) in [5.41, 5.74) is 4.10. The van der Waals surface area contributed by atoms with Crippen molar-refractivity contribution in [3.8, 4) is 34.1 Å². The summed E-state index contributed by atoms with van der Waals surface area (Å²) in [6, 6.07) is 18.2. The van der Waals surface area contributed by atoms with E-state index in [-0.39, 0.29) is 5.97 Å². The zero-order valence-electron chi connectivity index (χ0n) is 17.5. The van der Waals surface area contributed by atoms with Crippen molar-refractivity contribution in [3.05, 3.63) is 63.8 Å². The van der Waals surface area contributed by atoms with Crippen LogP contribution in [-0.2, 0) is 11.2 Å². The number of para-hydroxylation sites is 1. The molecule has 0 saturated carbocycles. The van der Waals surface area contributed by atoms with E-state index in [0.717, 1.165) is 33.7 Å². The number of nitriles is 1. The summed E-state index contributed by atoms with van der Waals surface area (Å²) in [5.74, 6) is 0.469. The minimum absolute atomic E-state index is 0.299. The molecule has 4 nitrogen and oxygen atoms in total. The van der Waals surface area contributed by atoms with Gasteiger partial charge < -0.3 is 9.47 Å². The highest BCUT2D eigenvalue weighted by atomic mass is 32.1. The fourth-order valence-electron chi connectivity index (χ4n) is 3.32. The lowest BCUT2D eigenvalue weighted by Crippen LogP contribution is -2.04. The minimum atomic E-state index is -0.379. The second kappa shape index (κ2) is 10.1. The smallest absolute Gasteiger partial charge is 0.348 e. The molecule has 0 fully saturated rings. The molecule has 5 heteroatoms. The first-order valence-corrected chi connectivity index (χ1v) is 11.0. The van der Waals surface area contributed by atoms with E-state index in [9.17, 15) is 10.1 Å². The van der Waals surface area contributed by atoms with Gasteiger partial charge in [0.25, 0.3) is 0 Å². The maximum atomic E-state index is 12.5. The molecule has 3 aromatic rings. The maximum absolute atomic E-state index is 12.5. The standard InChI is InChI=1S/C25H25NO3S/c1-4-15-29-21-10-8-7-9-19(21)17-11-13-18(14-12-17)23-20(16-26)22(5-2)30-24(23)25(27)28-6-3/h7-14H,4-6,15H2,1-3H3. The lowest BCUT2D eigenvalue weighted by molar-refractivity contribution is 0.0533. The zero-order chi connectivity index (χ0) is 21.5. The molecule has 0 aliphatic carbocycles. The summed E-state index contributed by atoms with van der Waals surface area (Å²) in [6.45, 7) is 6.81. The summed E-state index contributed by atoms with van der Waals surface area (Å²) in [6.07, 6.45) is 1.64. The average Bonchev–Trinajstić information content (AvgIpc) is 3.17. The molecule has 1 heterocycles. The topological polar surface area (TPSA) is 59.3 Å². The van der Waals surface area contributed by atoms with Gasteiger partial charge in [-0.05, 0) is 37.0 Å². The Balaban J connectivity index is 2.05. The SMILES string of the molecule is CCCOc1ccccc1-c1ccc(-c2c(C(=O)OCC)sc(CC)c2C#N)cc1. The van der Waals surface area contributed by atoms with Crippen LogP contribution >= 0.6 is 11.3 Å². The highest BCUT2D eigenvalue weighted by Gasteiger charge is 2.24. The number of aryl methyl sites for hydroxylation is 1. The van der Waals surface area contributed by atoms with Crippen LogP contribution in [0, 0.1) is 11.3 Å². The van der Waals surface area contributed by atoms with Crippen molar-refractivity contribution in [1.82, 2.24) is 0 Å². The lowest BCUT2D eigenvalue weighted by Gasteiger charge is -2.12. The molecule has 0 aliphatic rings. The van der Waals surface area contributed by atoms with E-state index in [1.165, 1.54) is 11.3 Å². The molecule has 0 unspecified atom stereocenters. The highest BCUT2D eigenvalue weighted by Crippen LogP contribution is 2.39. The number of benzene rings is 2. The molecule has 0 bridgehead atoms. The Bertz CT molecular complexity index is 1060. The van der Waals surface area contributed by atoms with Crippen LogP contribution in [0.3, 0.4) is 0 Å². The van der Waals surface area contributed by atoms with Gasteiger partial charge in [-0.2, -0.15) is 5.26 Å². The van der Waals surface area contributed by atoms with Gasteiger partial charge >= 0.3 is 5.97 Å². The molecule has 0 radical (unpaired) electrons. The van der Waals surface area contributed by atoms with Gasteiger partial charge in [-0.15, -0.1) is 11.3 Å². The number of hydrogen-bond donors (Lipinski definition) is 0. The number of rotatable bonds is 8. The molecular formula is C25H25NO3S. The summed E-state index contributed by atoms with van der Waals surface area (Å²) >= 11 is 1.35. The summed E-state index contributed by atoms with van der Waals surface area (Å²) in [4.78, 5) is 13.9. The zero-order valence-corrected chi connectivity index (χ0v) is 18.3. The average molecular weight is 420 g/mol. The molecule has 0 amide bonds. The van der Waals surface area contributed by atoms with Crippen molar-refractivity contribution in [2.75, 3.05) is 13.2 Å². The number of carbonyl (C=O) groups excluding carboxylic acids is 1. The Morgan fingerprint density at radius 2 is 1.73 bits per heavy atom. The molecule has 154 valence electrons. The normalized spacial score (nSPS) is 10.5. The number of hydrogen-bond acceptors (Lipinski definition) is 5. The molecule has 0 N–H and O–H groups in total. The molecule has 1 aromatic heterocycles. The van der Waals surface area contributed by atoms with Gasteiger partial charge in [0.1, 0.15) is 16.7 Å². The van der Waals surface area contributed by atoms with E-state index in [2.05, 4.69) is 13.0 Å². The number of esters is 1. The minimum Gasteiger partial charge on any atom is -0.493 e. The Kier molecular flexibility index (Phi) is 7.26. The van der Waals surface area contributed by atoms with Crippen molar-refractivity contribution in [1.29, 1.82) is 5.26 Å². The van der Waals surface area contributed by atoms with Crippen LogP contribution in [0.25, 0.3) is 22.3 Å². The van der Waals surface area contributed by atoms with E-state index in [1.54, 1.807) is 6.92 Å². The number of nitrogens with zero attached hydrogens (tertiary/aromatic N) is 1. The molecule has 3 rings (SSSR count). The lowest BCUT2D eigenvalue weighted by atomic mass is 9.97. The van der Waals surface area contributed by atoms with E-state index >= 15 is 0 Å². The van der Waals surface area contributed by atoms with Crippen molar-refractivity contribution in [3.63, 3.8) is 0 Å². The van der Waals surface area contributed by atoms with Crippen LogP contribution in [0.5, 0.6) is 5.75 Å². The molecule has 0 spiro atoms. The van der Waals surface area contributed by atoms with Crippen molar-refractivity contribution in [2.24, 2.45) is 0 Å². The van der Waals surface area contributed by atoms with Crippen LogP contribution < -0.4 is 4.74 Å². The third-order valence-corrected chi connectivity index (χ3v) is 6.02. The van der Waals surface area contributed by atoms with Crippen LogP contribution in [-0.4, -0.2) is 19.2 Å². The second-order valence-electron chi connectivity index (χ2n) is 6.71. The van der Waals surface area contributed by atoms with Crippen molar-refractivity contribution < 1.29 is 14.3 Å². The Morgan fingerprint density at radius 3 is 2.37 bits per heavy atom. The molecule has 2 aromatic carbocycles.